The molecule has 3 aromatic heterocycles. The van der Waals surface area contributed by atoms with Crippen LogP contribution in [0.5, 0.6) is 5.88 Å². The van der Waals surface area contributed by atoms with E-state index in [2.05, 4.69) is 63.0 Å². The molecular weight excluding hydrogens is 454 g/mol. The van der Waals surface area contributed by atoms with Gasteiger partial charge in [-0.15, -0.1) is 5.10 Å². The van der Waals surface area contributed by atoms with Crippen molar-refractivity contribution in [3.05, 3.63) is 47.0 Å². The first-order chi connectivity index (χ1) is 17.6. The number of likely N-dealkylation sites (tertiary alicyclic amines) is 1. The van der Waals surface area contributed by atoms with Gasteiger partial charge >= 0.3 is 0 Å². The van der Waals surface area contributed by atoms with E-state index in [4.69, 9.17) is 14.6 Å². The van der Waals surface area contributed by atoms with E-state index in [0.717, 1.165) is 57.8 Å². The van der Waals surface area contributed by atoms with Crippen LogP contribution in [0.25, 0.3) is 34.2 Å². The van der Waals surface area contributed by atoms with E-state index in [1.807, 2.05) is 24.0 Å². The molecule has 1 atom stereocenters. The summed E-state index contributed by atoms with van der Waals surface area (Å²) >= 11 is 0. The Balaban J connectivity index is 1.39. The van der Waals surface area contributed by atoms with Crippen LogP contribution in [0.1, 0.15) is 48.5 Å². The van der Waals surface area contributed by atoms with Crippen molar-refractivity contribution in [2.75, 3.05) is 32.8 Å². The number of fused-ring (bicyclic) bond motifs is 4. The molecule has 0 aliphatic carbocycles. The number of H-pyrrole nitrogens is 1. The van der Waals surface area contributed by atoms with Crippen LogP contribution >= 0.6 is 0 Å². The van der Waals surface area contributed by atoms with E-state index in [1.165, 1.54) is 25.9 Å². The summed E-state index contributed by atoms with van der Waals surface area (Å²) < 4.78 is 16.3. The second-order valence-electron chi connectivity index (χ2n) is 9.71. The van der Waals surface area contributed by atoms with E-state index < -0.39 is 0 Å². The minimum Gasteiger partial charge on any atom is -0.474 e. The van der Waals surface area contributed by atoms with Crippen molar-refractivity contribution >= 4 is 23.1 Å². The number of rotatable bonds is 3. The highest BCUT2D eigenvalue weighted by Crippen LogP contribution is 2.33. The van der Waals surface area contributed by atoms with E-state index in [0.29, 0.717) is 19.1 Å². The Kier molecular flexibility index (Phi) is 6.10. The number of hydrogen-bond donors (Lipinski definition) is 1. The maximum absolute atomic E-state index is 6.20. The van der Waals surface area contributed by atoms with Gasteiger partial charge in [-0.25, -0.2) is 0 Å². The largest absolute Gasteiger partial charge is 0.474 e. The van der Waals surface area contributed by atoms with Crippen molar-refractivity contribution in [1.29, 1.82) is 0 Å². The predicted octanol–water partition coefficient (Wildman–Crippen LogP) is 4.20. The average molecular weight is 488 g/mol. The molecule has 1 aromatic carbocycles. The fraction of sp³-hybridized carbons (Fsp3) is 0.444. The van der Waals surface area contributed by atoms with E-state index >= 15 is 0 Å². The number of nitrogens with one attached hydrogen (secondary N) is 1. The van der Waals surface area contributed by atoms with Crippen LogP contribution in [0.2, 0.25) is 0 Å². The highest BCUT2D eigenvalue weighted by molar-refractivity contribution is 5.93. The quantitative estimate of drug-likeness (QED) is 0.466. The maximum Gasteiger partial charge on any atom is 0.240 e. The molecule has 0 spiro atoms. The van der Waals surface area contributed by atoms with Crippen molar-refractivity contribution in [2.24, 2.45) is 7.05 Å². The van der Waals surface area contributed by atoms with Crippen LogP contribution in [0.3, 0.4) is 0 Å². The van der Waals surface area contributed by atoms with Gasteiger partial charge in [-0.1, -0.05) is 6.07 Å². The van der Waals surface area contributed by atoms with Crippen molar-refractivity contribution in [3.63, 3.8) is 0 Å². The van der Waals surface area contributed by atoms with Gasteiger partial charge in [-0.3, -0.25) is 14.5 Å². The summed E-state index contributed by atoms with van der Waals surface area (Å²) in [7, 11) is 1.96. The molecule has 1 saturated heterocycles. The van der Waals surface area contributed by atoms with Gasteiger partial charge in [-0.05, 0) is 69.6 Å². The Morgan fingerprint density at radius 3 is 2.83 bits per heavy atom. The standard InChI is InChI=1S/C27H33N7O2/c1-18-21-7-9-25-22-16-20(6-8-24(22)29-30-25)23-17-28-32(3)26(23)19(2)35-14-15-36-27(21)31-34(18)13-12-33-10-4-5-11-33/h6-9,16-17,19H,4-5,10-15H2,1-3H3,(H,29,30)/b9-7+. The molecule has 4 aromatic rings. The molecule has 2 aliphatic heterocycles. The van der Waals surface area contributed by atoms with Crippen LogP contribution in [-0.2, 0) is 18.3 Å². The maximum atomic E-state index is 6.20. The Hall–Kier alpha value is -3.43. The zero-order valence-electron chi connectivity index (χ0n) is 21.2. The average Bonchev–Trinajstić information content (AvgIpc) is 3.66. The van der Waals surface area contributed by atoms with Crippen molar-refractivity contribution in [3.8, 4) is 17.0 Å². The third-order valence-corrected chi connectivity index (χ3v) is 7.42. The number of aromatic amines is 1. The van der Waals surface area contributed by atoms with E-state index in [-0.39, 0.29) is 6.10 Å². The molecule has 1 fully saturated rings. The zero-order chi connectivity index (χ0) is 24.6. The second kappa shape index (κ2) is 9.55. The minimum absolute atomic E-state index is 0.141. The summed E-state index contributed by atoms with van der Waals surface area (Å²) in [5.41, 5.74) is 7.14. The van der Waals surface area contributed by atoms with Gasteiger partial charge in [-0.2, -0.15) is 10.2 Å². The molecule has 1 unspecified atom stereocenters. The van der Waals surface area contributed by atoms with E-state index in [9.17, 15) is 0 Å². The SMILES string of the molecule is Cc1c2c(nn1CCN1CCCC1)OCCOC(C)c1c(cnn1C)-c1ccc3[nH]nc(c3c1)/C=C/2. The fourth-order valence-corrected chi connectivity index (χ4v) is 5.38. The van der Waals surface area contributed by atoms with Crippen LogP contribution in [0.4, 0.5) is 0 Å². The predicted molar refractivity (Wildman–Crippen MR) is 140 cm³/mol. The van der Waals surface area contributed by atoms with Crippen molar-refractivity contribution in [2.45, 2.75) is 39.3 Å². The van der Waals surface area contributed by atoms with Crippen molar-refractivity contribution in [1.82, 2.24) is 34.7 Å². The summed E-state index contributed by atoms with van der Waals surface area (Å²) in [5, 5.41) is 18.2. The number of nitrogens with zero attached hydrogens (tertiary/aromatic N) is 6. The number of aryl methyl sites for hydroxylation is 1. The summed E-state index contributed by atoms with van der Waals surface area (Å²) in [4.78, 5) is 2.50. The Morgan fingerprint density at radius 1 is 1.11 bits per heavy atom. The molecular formula is C27H33N7O2. The van der Waals surface area contributed by atoms with Gasteiger partial charge in [0.25, 0.3) is 0 Å². The lowest BCUT2D eigenvalue weighted by Gasteiger charge is -2.16. The lowest BCUT2D eigenvalue weighted by Crippen LogP contribution is -2.24. The number of ether oxygens (including phenoxy) is 2. The highest BCUT2D eigenvalue weighted by Gasteiger charge is 2.21. The van der Waals surface area contributed by atoms with Gasteiger partial charge in [0.05, 0.1) is 47.9 Å². The topological polar surface area (TPSA) is 86.0 Å². The fourth-order valence-electron chi connectivity index (χ4n) is 5.38. The van der Waals surface area contributed by atoms with Crippen LogP contribution in [-0.4, -0.2) is 67.5 Å². The smallest absolute Gasteiger partial charge is 0.240 e. The van der Waals surface area contributed by atoms with Gasteiger partial charge in [0.2, 0.25) is 5.88 Å². The molecule has 0 amide bonds. The molecule has 5 heterocycles. The molecule has 0 radical (unpaired) electrons. The molecule has 9 nitrogen and oxygen atoms in total. The molecule has 36 heavy (non-hydrogen) atoms. The van der Waals surface area contributed by atoms with Gasteiger partial charge in [0, 0.05) is 30.2 Å². The number of hydrogen-bond acceptors (Lipinski definition) is 6. The summed E-state index contributed by atoms with van der Waals surface area (Å²) in [5.74, 6) is 0.637. The van der Waals surface area contributed by atoms with Gasteiger partial charge < -0.3 is 14.4 Å². The van der Waals surface area contributed by atoms with Crippen LogP contribution in [0.15, 0.2) is 24.4 Å². The summed E-state index contributed by atoms with van der Waals surface area (Å²) in [6.07, 6.45) is 8.47. The Labute approximate surface area is 210 Å². The third-order valence-electron chi connectivity index (χ3n) is 7.42. The lowest BCUT2D eigenvalue weighted by atomic mass is 10.0. The van der Waals surface area contributed by atoms with Crippen LogP contribution in [0, 0.1) is 6.92 Å². The van der Waals surface area contributed by atoms with Crippen molar-refractivity contribution < 1.29 is 9.47 Å². The van der Waals surface area contributed by atoms with E-state index in [1.54, 1.807) is 0 Å². The number of aromatic nitrogens is 6. The molecule has 6 rings (SSSR count). The molecule has 1 N–H and O–H groups in total. The minimum atomic E-state index is -0.141. The highest BCUT2D eigenvalue weighted by atomic mass is 16.5. The first kappa shape index (κ1) is 23.0. The van der Waals surface area contributed by atoms with Gasteiger partial charge in [0.15, 0.2) is 0 Å². The van der Waals surface area contributed by atoms with Crippen LogP contribution < -0.4 is 4.74 Å². The molecule has 2 bridgehead atoms. The number of benzene rings is 1. The first-order valence-corrected chi connectivity index (χ1v) is 12.8. The molecule has 0 saturated carbocycles. The second-order valence-corrected chi connectivity index (χ2v) is 9.71. The molecule has 188 valence electrons. The Bertz CT molecular complexity index is 1410. The summed E-state index contributed by atoms with van der Waals surface area (Å²) in [6, 6.07) is 6.36. The molecule has 9 heteroatoms. The third kappa shape index (κ3) is 4.22. The monoisotopic (exact) mass is 487 g/mol. The lowest BCUT2D eigenvalue weighted by molar-refractivity contribution is 0.0387. The molecule has 2 aliphatic rings. The first-order valence-electron chi connectivity index (χ1n) is 12.8. The van der Waals surface area contributed by atoms with Gasteiger partial charge in [0.1, 0.15) is 6.61 Å². The normalized spacial score (nSPS) is 19.6. The summed E-state index contributed by atoms with van der Waals surface area (Å²) in [6.45, 7) is 9.26. The Morgan fingerprint density at radius 2 is 1.97 bits per heavy atom. The zero-order valence-corrected chi connectivity index (χ0v) is 21.2.